The van der Waals surface area contributed by atoms with E-state index in [0.29, 0.717) is 5.92 Å². The van der Waals surface area contributed by atoms with Crippen LogP contribution in [-0.2, 0) is 14.3 Å². The SMILES string of the molecule is COC(=O)C(CC1CCCCC1)NCC1CCCO1. The molecule has 0 radical (unpaired) electrons. The standard InChI is InChI=1S/C15H27NO3/c1-18-15(17)14(10-12-6-3-2-4-7-12)16-11-13-8-5-9-19-13/h12-14,16H,2-11H2,1H3. The first-order valence-corrected chi connectivity index (χ1v) is 7.72. The van der Waals surface area contributed by atoms with E-state index in [2.05, 4.69) is 5.32 Å². The van der Waals surface area contributed by atoms with E-state index in [-0.39, 0.29) is 18.1 Å². The van der Waals surface area contributed by atoms with Crippen LogP contribution in [-0.4, -0.2) is 38.4 Å². The molecule has 1 aliphatic heterocycles. The minimum Gasteiger partial charge on any atom is -0.468 e. The molecule has 19 heavy (non-hydrogen) atoms. The fraction of sp³-hybridized carbons (Fsp3) is 0.933. The van der Waals surface area contributed by atoms with Crippen LogP contribution in [0.1, 0.15) is 51.4 Å². The van der Waals surface area contributed by atoms with Crippen molar-refractivity contribution in [1.29, 1.82) is 0 Å². The van der Waals surface area contributed by atoms with Crippen molar-refractivity contribution in [3.8, 4) is 0 Å². The van der Waals surface area contributed by atoms with Crippen molar-refractivity contribution in [2.45, 2.75) is 63.5 Å². The lowest BCUT2D eigenvalue weighted by Gasteiger charge is -2.26. The highest BCUT2D eigenvalue weighted by Crippen LogP contribution is 2.27. The minimum atomic E-state index is -0.155. The van der Waals surface area contributed by atoms with E-state index >= 15 is 0 Å². The number of hydrogen-bond donors (Lipinski definition) is 1. The molecule has 110 valence electrons. The Hall–Kier alpha value is -0.610. The van der Waals surface area contributed by atoms with Crippen LogP contribution in [0.4, 0.5) is 0 Å². The highest BCUT2D eigenvalue weighted by Gasteiger charge is 2.26. The third-order valence-corrected chi connectivity index (χ3v) is 4.40. The molecule has 0 bridgehead atoms. The summed E-state index contributed by atoms with van der Waals surface area (Å²) >= 11 is 0. The van der Waals surface area contributed by atoms with Crippen molar-refractivity contribution in [2.75, 3.05) is 20.3 Å². The van der Waals surface area contributed by atoms with Crippen LogP contribution in [0, 0.1) is 5.92 Å². The largest absolute Gasteiger partial charge is 0.468 e. The van der Waals surface area contributed by atoms with Gasteiger partial charge in [0.05, 0.1) is 13.2 Å². The molecular formula is C15H27NO3. The zero-order valence-electron chi connectivity index (χ0n) is 12.0. The molecule has 0 aromatic carbocycles. The van der Waals surface area contributed by atoms with E-state index in [1.807, 2.05) is 0 Å². The van der Waals surface area contributed by atoms with E-state index in [1.165, 1.54) is 39.2 Å². The first-order valence-electron chi connectivity index (χ1n) is 7.72. The van der Waals surface area contributed by atoms with Crippen LogP contribution in [0.2, 0.25) is 0 Å². The van der Waals surface area contributed by atoms with Gasteiger partial charge >= 0.3 is 5.97 Å². The molecular weight excluding hydrogens is 242 g/mol. The summed E-state index contributed by atoms with van der Waals surface area (Å²) in [7, 11) is 1.48. The van der Waals surface area contributed by atoms with Crippen LogP contribution >= 0.6 is 0 Å². The molecule has 1 saturated carbocycles. The lowest BCUT2D eigenvalue weighted by molar-refractivity contribution is -0.143. The normalized spacial score (nSPS) is 26.3. The summed E-state index contributed by atoms with van der Waals surface area (Å²) in [6.45, 7) is 1.63. The van der Waals surface area contributed by atoms with Crippen LogP contribution in [0.5, 0.6) is 0 Å². The van der Waals surface area contributed by atoms with Gasteiger partial charge in [-0.1, -0.05) is 32.1 Å². The molecule has 2 fully saturated rings. The van der Waals surface area contributed by atoms with Crippen molar-refractivity contribution in [2.24, 2.45) is 5.92 Å². The van der Waals surface area contributed by atoms with E-state index in [0.717, 1.165) is 32.4 Å². The van der Waals surface area contributed by atoms with Gasteiger partial charge in [0.15, 0.2) is 0 Å². The Balaban J connectivity index is 1.78. The maximum absolute atomic E-state index is 11.9. The molecule has 1 saturated heterocycles. The van der Waals surface area contributed by atoms with Crippen LogP contribution < -0.4 is 5.32 Å². The Morgan fingerprint density at radius 3 is 2.68 bits per heavy atom. The fourth-order valence-corrected chi connectivity index (χ4v) is 3.24. The van der Waals surface area contributed by atoms with E-state index < -0.39 is 0 Å². The summed E-state index contributed by atoms with van der Waals surface area (Å²) in [6.07, 6.45) is 9.92. The van der Waals surface area contributed by atoms with Crippen molar-refractivity contribution in [1.82, 2.24) is 5.32 Å². The van der Waals surface area contributed by atoms with Gasteiger partial charge in [-0.15, -0.1) is 0 Å². The quantitative estimate of drug-likeness (QED) is 0.751. The van der Waals surface area contributed by atoms with Gasteiger partial charge in [-0.2, -0.15) is 0 Å². The summed E-state index contributed by atoms with van der Waals surface area (Å²) in [5.41, 5.74) is 0. The van der Waals surface area contributed by atoms with Gasteiger partial charge < -0.3 is 14.8 Å². The second kappa shape index (κ2) is 7.85. The van der Waals surface area contributed by atoms with E-state index in [1.54, 1.807) is 0 Å². The summed E-state index contributed by atoms with van der Waals surface area (Å²) in [5, 5.41) is 3.36. The van der Waals surface area contributed by atoms with Gasteiger partial charge in [0.2, 0.25) is 0 Å². The highest BCUT2D eigenvalue weighted by atomic mass is 16.5. The van der Waals surface area contributed by atoms with E-state index in [4.69, 9.17) is 9.47 Å². The van der Waals surface area contributed by atoms with Crippen molar-refractivity contribution in [3.05, 3.63) is 0 Å². The Morgan fingerprint density at radius 1 is 1.26 bits per heavy atom. The molecule has 0 aromatic heterocycles. The predicted octanol–water partition coefficient (Wildman–Crippen LogP) is 2.27. The number of nitrogens with one attached hydrogen (secondary N) is 1. The fourth-order valence-electron chi connectivity index (χ4n) is 3.24. The topological polar surface area (TPSA) is 47.6 Å². The second-order valence-corrected chi connectivity index (χ2v) is 5.86. The molecule has 1 aliphatic carbocycles. The number of methoxy groups -OCH3 is 1. The summed E-state index contributed by atoms with van der Waals surface area (Å²) in [6, 6.07) is -0.155. The van der Waals surface area contributed by atoms with Gasteiger partial charge in [0.1, 0.15) is 6.04 Å². The first-order chi connectivity index (χ1) is 9.29. The monoisotopic (exact) mass is 269 g/mol. The predicted molar refractivity (Wildman–Crippen MR) is 74.0 cm³/mol. The first kappa shape index (κ1) is 14.8. The summed E-state index contributed by atoms with van der Waals surface area (Å²) < 4.78 is 10.5. The smallest absolute Gasteiger partial charge is 0.322 e. The molecule has 1 heterocycles. The maximum atomic E-state index is 11.9. The molecule has 2 unspecified atom stereocenters. The Morgan fingerprint density at radius 2 is 2.05 bits per heavy atom. The second-order valence-electron chi connectivity index (χ2n) is 5.86. The Labute approximate surface area is 116 Å². The van der Waals surface area contributed by atoms with Gasteiger partial charge in [-0.3, -0.25) is 4.79 Å². The Kier molecular flexibility index (Phi) is 6.11. The molecule has 0 amide bonds. The van der Waals surface area contributed by atoms with Crippen LogP contribution in [0.3, 0.4) is 0 Å². The molecule has 2 atom stereocenters. The average Bonchev–Trinajstić information content (AvgIpc) is 2.97. The number of ether oxygens (including phenoxy) is 2. The average molecular weight is 269 g/mol. The van der Waals surface area contributed by atoms with E-state index in [9.17, 15) is 4.79 Å². The zero-order chi connectivity index (χ0) is 13.5. The summed E-state index contributed by atoms with van der Waals surface area (Å²) in [5.74, 6) is 0.554. The zero-order valence-corrected chi connectivity index (χ0v) is 12.0. The van der Waals surface area contributed by atoms with Gasteiger partial charge in [0, 0.05) is 13.2 Å². The van der Waals surface area contributed by atoms with Gasteiger partial charge in [-0.05, 0) is 25.2 Å². The number of hydrogen-bond acceptors (Lipinski definition) is 4. The minimum absolute atomic E-state index is 0.122. The van der Waals surface area contributed by atoms with Crippen molar-refractivity contribution in [3.63, 3.8) is 0 Å². The van der Waals surface area contributed by atoms with Gasteiger partial charge in [0.25, 0.3) is 0 Å². The van der Waals surface area contributed by atoms with Gasteiger partial charge in [-0.25, -0.2) is 0 Å². The number of carbonyl (C=O) groups excluding carboxylic acids is 1. The molecule has 2 rings (SSSR count). The maximum Gasteiger partial charge on any atom is 0.322 e. The lowest BCUT2D eigenvalue weighted by Crippen LogP contribution is -2.42. The number of rotatable bonds is 6. The van der Waals surface area contributed by atoms with Crippen LogP contribution in [0.25, 0.3) is 0 Å². The third-order valence-electron chi connectivity index (χ3n) is 4.40. The molecule has 4 heteroatoms. The lowest BCUT2D eigenvalue weighted by atomic mass is 9.85. The molecule has 4 nitrogen and oxygen atoms in total. The molecule has 2 aliphatic rings. The third kappa shape index (κ3) is 4.77. The summed E-state index contributed by atoms with van der Waals surface area (Å²) in [4.78, 5) is 11.9. The molecule has 1 N–H and O–H groups in total. The molecule has 0 aromatic rings. The molecule has 0 spiro atoms. The van der Waals surface area contributed by atoms with Crippen molar-refractivity contribution < 1.29 is 14.3 Å². The van der Waals surface area contributed by atoms with Crippen molar-refractivity contribution >= 4 is 5.97 Å². The highest BCUT2D eigenvalue weighted by molar-refractivity contribution is 5.75. The number of esters is 1. The van der Waals surface area contributed by atoms with Crippen LogP contribution in [0.15, 0.2) is 0 Å². The Bertz CT molecular complexity index is 271. The number of carbonyl (C=O) groups is 1.